The van der Waals surface area contributed by atoms with E-state index in [1.54, 1.807) is 0 Å². The first-order chi connectivity index (χ1) is 6.00. The Morgan fingerprint density at radius 2 is 1.79 bits per heavy atom. The quantitative estimate of drug-likeness (QED) is 0.820. The Balaban J connectivity index is 0.00000169. The number of nitrogens with zero attached hydrogens (tertiary/aromatic N) is 1. The van der Waals surface area contributed by atoms with Gasteiger partial charge in [0.05, 0.1) is 0 Å². The van der Waals surface area contributed by atoms with Crippen LogP contribution in [0.3, 0.4) is 0 Å². The molecule has 1 rings (SSSR count). The SMILES string of the molecule is Cc1cc(C)c(CN(C)C)c(O)c1.Cl. The molecule has 14 heavy (non-hydrogen) atoms. The van der Waals surface area contributed by atoms with Gasteiger partial charge in [-0.25, -0.2) is 0 Å². The molecule has 0 spiro atoms. The summed E-state index contributed by atoms with van der Waals surface area (Å²) >= 11 is 0. The largest absolute Gasteiger partial charge is 0.508 e. The first-order valence-electron chi connectivity index (χ1n) is 4.44. The lowest BCUT2D eigenvalue weighted by Gasteiger charge is -2.14. The molecule has 0 aromatic heterocycles. The average Bonchev–Trinajstić information content (AvgIpc) is 1.96. The number of phenols is 1. The summed E-state index contributed by atoms with van der Waals surface area (Å²) in [5.74, 6) is 0.409. The van der Waals surface area contributed by atoms with Gasteiger partial charge in [0.1, 0.15) is 5.75 Å². The van der Waals surface area contributed by atoms with Crippen LogP contribution in [0.4, 0.5) is 0 Å². The van der Waals surface area contributed by atoms with E-state index in [0.717, 1.165) is 23.2 Å². The van der Waals surface area contributed by atoms with Crippen LogP contribution < -0.4 is 0 Å². The van der Waals surface area contributed by atoms with Crippen LogP contribution in [0.2, 0.25) is 0 Å². The Morgan fingerprint density at radius 1 is 1.21 bits per heavy atom. The fraction of sp³-hybridized carbons (Fsp3) is 0.455. The molecule has 0 fully saturated rings. The summed E-state index contributed by atoms with van der Waals surface area (Å²) < 4.78 is 0. The van der Waals surface area contributed by atoms with Gasteiger partial charge in [0.25, 0.3) is 0 Å². The highest BCUT2D eigenvalue weighted by Gasteiger charge is 2.06. The summed E-state index contributed by atoms with van der Waals surface area (Å²) in [7, 11) is 4.00. The number of hydrogen-bond donors (Lipinski definition) is 1. The van der Waals surface area contributed by atoms with E-state index in [1.165, 1.54) is 0 Å². The summed E-state index contributed by atoms with van der Waals surface area (Å²) in [4.78, 5) is 2.05. The van der Waals surface area contributed by atoms with Crippen LogP contribution in [0, 0.1) is 13.8 Å². The number of hydrogen-bond acceptors (Lipinski definition) is 2. The molecule has 0 heterocycles. The van der Waals surface area contributed by atoms with Gasteiger partial charge in [-0.1, -0.05) is 6.07 Å². The molecule has 1 N–H and O–H groups in total. The minimum atomic E-state index is 0. The number of aromatic hydroxyl groups is 1. The molecule has 0 saturated carbocycles. The number of aryl methyl sites for hydroxylation is 2. The monoisotopic (exact) mass is 215 g/mol. The highest BCUT2D eigenvalue weighted by Crippen LogP contribution is 2.23. The van der Waals surface area contributed by atoms with Crippen LogP contribution >= 0.6 is 12.4 Å². The van der Waals surface area contributed by atoms with Crippen LogP contribution in [0.25, 0.3) is 0 Å². The summed E-state index contributed by atoms with van der Waals surface area (Å²) in [5.41, 5.74) is 3.29. The Morgan fingerprint density at radius 3 is 2.21 bits per heavy atom. The van der Waals surface area contributed by atoms with Gasteiger partial charge in [-0.2, -0.15) is 0 Å². The van der Waals surface area contributed by atoms with Crippen molar-refractivity contribution in [2.45, 2.75) is 20.4 Å². The molecule has 3 heteroatoms. The zero-order chi connectivity index (χ0) is 10.0. The molecule has 0 aliphatic heterocycles. The van der Waals surface area contributed by atoms with Gasteiger partial charge in [0, 0.05) is 12.1 Å². The molecule has 0 aliphatic carbocycles. The fourth-order valence-corrected chi connectivity index (χ4v) is 1.50. The highest BCUT2D eigenvalue weighted by molar-refractivity contribution is 5.85. The van der Waals surface area contributed by atoms with Crippen molar-refractivity contribution < 1.29 is 5.11 Å². The Bertz CT molecular complexity index is 287. The molecule has 80 valence electrons. The van der Waals surface area contributed by atoms with Gasteiger partial charge in [-0.05, 0) is 45.1 Å². The summed E-state index contributed by atoms with van der Waals surface area (Å²) in [6.07, 6.45) is 0. The molecule has 0 amide bonds. The van der Waals surface area contributed by atoms with Crippen LogP contribution in [-0.4, -0.2) is 24.1 Å². The van der Waals surface area contributed by atoms with Crippen molar-refractivity contribution in [2.24, 2.45) is 0 Å². The second kappa shape index (κ2) is 5.23. The van der Waals surface area contributed by atoms with E-state index in [-0.39, 0.29) is 12.4 Å². The lowest BCUT2D eigenvalue weighted by atomic mass is 10.0. The second-order valence-corrected chi connectivity index (χ2v) is 3.82. The van der Waals surface area contributed by atoms with E-state index in [9.17, 15) is 5.11 Å². The van der Waals surface area contributed by atoms with Gasteiger partial charge < -0.3 is 10.0 Å². The van der Waals surface area contributed by atoms with Crippen molar-refractivity contribution >= 4 is 12.4 Å². The Labute approximate surface area is 92.0 Å². The minimum absolute atomic E-state index is 0. The molecule has 0 saturated heterocycles. The van der Waals surface area contributed by atoms with E-state index in [4.69, 9.17) is 0 Å². The van der Waals surface area contributed by atoms with Crippen LogP contribution in [-0.2, 0) is 6.54 Å². The summed E-state index contributed by atoms with van der Waals surface area (Å²) in [6.45, 7) is 4.82. The topological polar surface area (TPSA) is 23.5 Å². The first kappa shape index (κ1) is 13.3. The molecule has 0 unspecified atom stereocenters. The van der Waals surface area contributed by atoms with Crippen LogP contribution in [0.1, 0.15) is 16.7 Å². The maximum Gasteiger partial charge on any atom is 0.120 e. The van der Waals surface area contributed by atoms with Crippen molar-refractivity contribution in [1.29, 1.82) is 0 Å². The Kier molecular flexibility index (Phi) is 4.95. The lowest BCUT2D eigenvalue weighted by Crippen LogP contribution is -2.11. The van der Waals surface area contributed by atoms with E-state index in [1.807, 2.05) is 34.0 Å². The fourth-order valence-electron chi connectivity index (χ4n) is 1.50. The molecule has 0 bridgehead atoms. The van der Waals surface area contributed by atoms with Gasteiger partial charge in [0.15, 0.2) is 0 Å². The number of phenolic OH excluding ortho intramolecular Hbond substituents is 1. The van der Waals surface area contributed by atoms with Crippen molar-refractivity contribution in [3.8, 4) is 5.75 Å². The molecular formula is C11H18ClNO. The predicted molar refractivity (Wildman–Crippen MR) is 62.2 cm³/mol. The molecular weight excluding hydrogens is 198 g/mol. The van der Waals surface area contributed by atoms with E-state index in [0.29, 0.717) is 5.75 Å². The van der Waals surface area contributed by atoms with Crippen molar-refractivity contribution in [3.63, 3.8) is 0 Å². The third kappa shape index (κ3) is 3.20. The van der Waals surface area contributed by atoms with Gasteiger partial charge in [0.2, 0.25) is 0 Å². The first-order valence-corrected chi connectivity index (χ1v) is 4.44. The molecule has 0 aliphatic rings. The summed E-state index contributed by atoms with van der Waals surface area (Å²) in [6, 6.07) is 3.91. The third-order valence-electron chi connectivity index (χ3n) is 2.07. The molecule has 0 atom stereocenters. The zero-order valence-corrected chi connectivity index (χ0v) is 9.98. The molecule has 1 aromatic carbocycles. The molecule has 2 nitrogen and oxygen atoms in total. The zero-order valence-electron chi connectivity index (χ0n) is 9.16. The predicted octanol–water partition coefficient (Wildman–Crippen LogP) is 2.49. The molecule has 0 radical (unpaired) electrons. The van der Waals surface area contributed by atoms with E-state index >= 15 is 0 Å². The van der Waals surface area contributed by atoms with Crippen LogP contribution in [0.15, 0.2) is 12.1 Å². The number of benzene rings is 1. The van der Waals surface area contributed by atoms with Gasteiger partial charge in [-0.15, -0.1) is 12.4 Å². The van der Waals surface area contributed by atoms with Gasteiger partial charge in [-0.3, -0.25) is 0 Å². The van der Waals surface area contributed by atoms with E-state index in [2.05, 4.69) is 11.0 Å². The average molecular weight is 216 g/mol. The van der Waals surface area contributed by atoms with Crippen molar-refractivity contribution in [1.82, 2.24) is 4.90 Å². The van der Waals surface area contributed by atoms with Crippen molar-refractivity contribution in [3.05, 3.63) is 28.8 Å². The number of rotatable bonds is 2. The van der Waals surface area contributed by atoms with E-state index < -0.39 is 0 Å². The molecule has 1 aromatic rings. The standard InChI is InChI=1S/C11H17NO.ClH/c1-8-5-9(2)10(7-12(3)4)11(13)6-8;/h5-6,13H,7H2,1-4H3;1H. The maximum atomic E-state index is 9.69. The normalized spacial score (nSPS) is 10.1. The number of halogens is 1. The lowest BCUT2D eigenvalue weighted by molar-refractivity contribution is 0.384. The second-order valence-electron chi connectivity index (χ2n) is 3.82. The minimum Gasteiger partial charge on any atom is -0.508 e. The highest BCUT2D eigenvalue weighted by atomic mass is 35.5. The third-order valence-corrected chi connectivity index (χ3v) is 2.07. The van der Waals surface area contributed by atoms with Gasteiger partial charge >= 0.3 is 0 Å². The smallest absolute Gasteiger partial charge is 0.120 e. The summed E-state index contributed by atoms with van der Waals surface area (Å²) in [5, 5.41) is 9.69. The maximum absolute atomic E-state index is 9.69. The van der Waals surface area contributed by atoms with Crippen LogP contribution in [0.5, 0.6) is 5.75 Å². The van der Waals surface area contributed by atoms with Crippen molar-refractivity contribution in [2.75, 3.05) is 14.1 Å². The Hall–Kier alpha value is -0.730.